The number of hydrogen-bond acceptors (Lipinski definition) is 4. The Bertz CT molecular complexity index is 789. The molecule has 0 spiro atoms. The molecule has 0 atom stereocenters. The van der Waals surface area contributed by atoms with Gasteiger partial charge >= 0.3 is 0 Å². The SMILES string of the molecule is Cc1cc(C2(c3ccc(OCCO)c(C)c3)CCCCCCCCCC2)ccc1OCCO. The molecule has 1 fully saturated rings. The van der Waals surface area contributed by atoms with Crippen LogP contribution in [0.25, 0.3) is 0 Å². The Balaban J connectivity index is 2.03. The highest BCUT2D eigenvalue weighted by atomic mass is 16.5. The zero-order valence-corrected chi connectivity index (χ0v) is 20.6. The summed E-state index contributed by atoms with van der Waals surface area (Å²) in [6.45, 7) is 4.89. The monoisotopic (exact) mass is 454 g/mol. The van der Waals surface area contributed by atoms with Crippen LogP contribution in [0, 0.1) is 13.8 Å². The summed E-state index contributed by atoms with van der Waals surface area (Å²) in [5, 5.41) is 18.3. The van der Waals surface area contributed by atoms with Gasteiger partial charge in [0.05, 0.1) is 13.2 Å². The highest BCUT2D eigenvalue weighted by molar-refractivity contribution is 5.48. The minimum atomic E-state index is -0.0368. The maximum Gasteiger partial charge on any atom is 0.122 e. The zero-order chi connectivity index (χ0) is 23.5. The lowest BCUT2D eigenvalue weighted by Crippen LogP contribution is -2.28. The van der Waals surface area contributed by atoms with Crippen LogP contribution in [-0.4, -0.2) is 36.6 Å². The van der Waals surface area contributed by atoms with Gasteiger partial charge in [0.15, 0.2) is 0 Å². The smallest absolute Gasteiger partial charge is 0.122 e. The number of aliphatic hydroxyl groups excluding tert-OH is 2. The molecule has 0 bridgehead atoms. The molecule has 0 heterocycles. The predicted molar refractivity (Wildman–Crippen MR) is 134 cm³/mol. The zero-order valence-electron chi connectivity index (χ0n) is 20.6. The summed E-state index contributed by atoms with van der Waals surface area (Å²) < 4.78 is 11.5. The van der Waals surface area contributed by atoms with Gasteiger partial charge < -0.3 is 19.7 Å². The molecular formula is C29H42O4. The third-order valence-electron chi connectivity index (χ3n) is 7.11. The fourth-order valence-corrected chi connectivity index (χ4v) is 5.31. The van der Waals surface area contributed by atoms with E-state index in [0.29, 0.717) is 13.2 Å². The highest BCUT2D eigenvalue weighted by Crippen LogP contribution is 2.44. The lowest BCUT2D eigenvalue weighted by Gasteiger charge is -2.37. The van der Waals surface area contributed by atoms with Crippen molar-refractivity contribution in [2.75, 3.05) is 26.4 Å². The van der Waals surface area contributed by atoms with E-state index >= 15 is 0 Å². The fraction of sp³-hybridized carbons (Fsp3) is 0.586. The molecule has 0 saturated heterocycles. The average Bonchev–Trinajstić information content (AvgIpc) is 2.88. The Morgan fingerprint density at radius 1 is 0.636 bits per heavy atom. The van der Waals surface area contributed by atoms with E-state index in [1.807, 2.05) is 0 Å². The van der Waals surface area contributed by atoms with E-state index in [2.05, 4.69) is 50.2 Å². The third-order valence-corrected chi connectivity index (χ3v) is 7.11. The summed E-state index contributed by atoms with van der Waals surface area (Å²) in [7, 11) is 0. The minimum absolute atomic E-state index is 0.0229. The van der Waals surface area contributed by atoms with E-state index in [0.717, 1.165) is 35.5 Å². The van der Waals surface area contributed by atoms with Gasteiger partial charge in [-0.15, -0.1) is 0 Å². The average molecular weight is 455 g/mol. The van der Waals surface area contributed by atoms with Crippen LogP contribution in [0.4, 0.5) is 0 Å². The van der Waals surface area contributed by atoms with Crippen molar-refractivity contribution < 1.29 is 19.7 Å². The molecule has 4 heteroatoms. The van der Waals surface area contributed by atoms with Crippen LogP contribution < -0.4 is 9.47 Å². The first-order valence-corrected chi connectivity index (χ1v) is 12.8. The van der Waals surface area contributed by atoms with Gasteiger partial charge in [0.25, 0.3) is 0 Å². The van der Waals surface area contributed by atoms with Crippen LogP contribution in [0.2, 0.25) is 0 Å². The van der Waals surface area contributed by atoms with Crippen LogP contribution >= 0.6 is 0 Å². The summed E-state index contributed by atoms with van der Waals surface area (Å²) in [5.74, 6) is 1.70. The van der Waals surface area contributed by atoms with Crippen molar-refractivity contribution in [3.8, 4) is 11.5 Å². The van der Waals surface area contributed by atoms with E-state index in [4.69, 9.17) is 19.7 Å². The minimum Gasteiger partial charge on any atom is -0.491 e. The number of hydrogen-bond donors (Lipinski definition) is 2. The Hall–Kier alpha value is -2.04. The van der Waals surface area contributed by atoms with Crippen LogP contribution in [0.15, 0.2) is 36.4 Å². The Labute approximate surface area is 200 Å². The van der Waals surface area contributed by atoms with E-state index in [9.17, 15) is 0 Å². The molecule has 0 aromatic heterocycles. The van der Waals surface area contributed by atoms with Gasteiger partial charge in [-0.3, -0.25) is 0 Å². The van der Waals surface area contributed by atoms with E-state index in [1.54, 1.807) is 0 Å². The number of aryl methyl sites for hydroxylation is 2. The molecule has 0 amide bonds. The van der Waals surface area contributed by atoms with Crippen molar-refractivity contribution >= 4 is 0 Å². The quantitative estimate of drug-likeness (QED) is 0.495. The molecular weight excluding hydrogens is 412 g/mol. The summed E-state index contributed by atoms with van der Waals surface area (Å²) in [6.07, 6.45) is 12.7. The second kappa shape index (κ2) is 13.0. The van der Waals surface area contributed by atoms with Crippen LogP contribution in [0.5, 0.6) is 11.5 Å². The lowest BCUT2D eigenvalue weighted by atomic mass is 9.67. The lowest BCUT2D eigenvalue weighted by molar-refractivity contribution is 0.200. The number of benzene rings is 2. The Morgan fingerprint density at radius 2 is 1.03 bits per heavy atom. The van der Waals surface area contributed by atoms with Crippen molar-refractivity contribution in [2.45, 2.75) is 83.5 Å². The summed E-state index contributed by atoms with van der Waals surface area (Å²) in [5.41, 5.74) is 4.92. The second-order valence-corrected chi connectivity index (χ2v) is 9.52. The van der Waals surface area contributed by atoms with Gasteiger partial charge in [-0.1, -0.05) is 75.6 Å². The molecule has 2 N–H and O–H groups in total. The molecule has 182 valence electrons. The van der Waals surface area contributed by atoms with E-state index < -0.39 is 0 Å². The van der Waals surface area contributed by atoms with Crippen molar-refractivity contribution in [2.24, 2.45) is 0 Å². The van der Waals surface area contributed by atoms with E-state index in [-0.39, 0.29) is 18.6 Å². The molecule has 0 aliphatic heterocycles. The molecule has 4 nitrogen and oxygen atoms in total. The maximum absolute atomic E-state index is 9.15. The number of ether oxygens (including phenoxy) is 2. The van der Waals surface area contributed by atoms with Crippen molar-refractivity contribution in [1.82, 2.24) is 0 Å². The third kappa shape index (κ3) is 6.74. The summed E-state index contributed by atoms with van der Waals surface area (Å²) in [4.78, 5) is 0. The van der Waals surface area contributed by atoms with E-state index in [1.165, 1.54) is 62.5 Å². The molecule has 2 aromatic carbocycles. The van der Waals surface area contributed by atoms with Gasteiger partial charge in [0, 0.05) is 5.41 Å². The molecule has 1 saturated carbocycles. The molecule has 0 radical (unpaired) electrons. The molecule has 2 aromatic rings. The number of rotatable bonds is 8. The van der Waals surface area contributed by atoms with Gasteiger partial charge in [-0.25, -0.2) is 0 Å². The van der Waals surface area contributed by atoms with Crippen molar-refractivity contribution in [1.29, 1.82) is 0 Å². The van der Waals surface area contributed by atoms with Gasteiger partial charge in [0.1, 0.15) is 24.7 Å². The topological polar surface area (TPSA) is 58.9 Å². The van der Waals surface area contributed by atoms with Gasteiger partial charge in [-0.05, 0) is 61.1 Å². The van der Waals surface area contributed by atoms with Crippen LogP contribution in [0.1, 0.15) is 86.5 Å². The summed E-state index contributed by atoms with van der Waals surface area (Å²) >= 11 is 0. The first-order chi connectivity index (χ1) is 16.1. The second-order valence-electron chi connectivity index (χ2n) is 9.52. The molecule has 3 rings (SSSR count). The largest absolute Gasteiger partial charge is 0.491 e. The first kappa shape index (κ1) is 25.6. The van der Waals surface area contributed by atoms with Gasteiger partial charge in [-0.2, -0.15) is 0 Å². The number of aliphatic hydroxyl groups is 2. The van der Waals surface area contributed by atoms with Gasteiger partial charge in [0.2, 0.25) is 0 Å². The van der Waals surface area contributed by atoms with Crippen molar-refractivity contribution in [3.05, 3.63) is 58.7 Å². The molecule has 1 aliphatic carbocycles. The van der Waals surface area contributed by atoms with Crippen LogP contribution in [-0.2, 0) is 5.41 Å². The molecule has 0 unspecified atom stereocenters. The molecule has 33 heavy (non-hydrogen) atoms. The standard InChI is InChI=1S/C29H42O4/c1-23-21-25(11-13-27(23)32-19-17-30)29(15-9-7-5-3-4-6-8-10-16-29)26-12-14-28(24(2)22-26)33-20-18-31/h11-14,21-22,30-31H,3-10,15-20H2,1-2H3. The van der Waals surface area contributed by atoms with Crippen LogP contribution in [0.3, 0.4) is 0 Å². The highest BCUT2D eigenvalue weighted by Gasteiger charge is 2.34. The normalized spacial score (nSPS) is 17.2. The Kier molecular flexibility index (Phi) is 10.1. The molecule has 1 aliphatic rings. The first-order valence-electron chi connectivity index (χ1n) is 12.8. The fourth-order valence-electron chi connectivity index (χ4n) is 5.31. The predicted octanol–water partition coefficient (Wildman–Crippen LogP) is 6.25. The summed E-state index contributed by atoms with van der Waals surface area (Å²) in [6, 6.07) is 13.3. The van der Waals surface area contributed by atoms with Crippen molar-refractivity contribution in [3.63, 3.8) is 0 Å². The maximum atomic E-state index is 9.15. The Morgan fingerprint density at radius 3 is 1.39 bits per heavy atom.